The number of aryl methyl sites for hydroxylation is 1. The van der Waals surface area contributed by atoms with Gasteiger partial charge in [0.25, 0.3) is 0 Å². The number of hydrogen-bond acceptors (Lipinski definition) is 2. The molecule has 98 valence electrons. The highest BCUT2D eigenvalue weighted by Crippen LogP contribution is 2.15. The predicted octanol–water partition coefficient (Wildman–Crippen LogP) is 3.30. The van der Waals surface area contributed by atoms with E-state index in [0.29, 0.717) is 12.1 Å². The van der Waals surface area contributed by atoms with Crippen LogP contribution in [0.5, 0.6) is 0 Å². The average Bonchev–Trinajstić information content (AvgIpc) is 2.48. The molecule has 1 heterocycles. The van der Waals surface area contributed by atoms with Gasteiger partial charge in [0.15, 0.2) is 5.78 Å². The first-order valence-electron chi connectivity index (χ1n) is 7.89. The van der Waals surface area contributed by atoms with Gasteiger partial charge in [-0.3, -0.25) is 4.79 Å². The Morgan fingerprint density at radius 2 is 2.00 bits per heavy atom. The summed E-state index contributed by atoms with van der Waals surface area (Å²) in [4.78, 5) is 14.7. The van der Waals surface area contributed by atoms with Crippen molar-refractivity contribution in [2.45, 2.75) is 33.1 Å². The van der Waals surface area contributed by atoms with Gasteiger partial charge in [-0.2, -0.15) is 0 Å². The van der Waals surface area contributed by atoms with Crippen molar-refractivity contribution in [3.8, 4) is 0 Å². The fourth-order valence-electron chi connectivity index (χ4n) is 2.37. The zero-order valence-corrected chi connectivity index (χ0v) is 11.1. The third kappa shape index (κ3) is 3.42. The second-order valence-corrected chi connectivity index (χ2v) is 5.14. The highest BCUT2D eigenvalue weighted by molar-refractivity contribution is 5.97. The lowest BCUT2D eigenvalue weighted by molar-refractivity contribution is 0.0883. The van der Waals surface area contributed by atoms with Gasteiger partial charge in [0.2, 0.25) is 0 Å². The van der Waals surface area contributed by atoms with E-state index in [-0.39, 0.29) is 12.7 Å². The maximum Gasteiger partial charge on any atom is 0.166 e. The standard InChI is InChI=1S/C16H23NO/c1-13-6-8-15(9-7-13)16(18)14(2)12-17-10-4-3-5-11-17/h6-9,14H,3-5,10-12H2,1-2H3/i2D,14D. The lowest BCUT2D eigenvalue weighted by Crippen LogP contribution is -2.35. The second-order valence-electron chi connectivity index (χ2n) is 5.14. The van der Waals surface area contributed by atoms with Crippen LogP contribution >= 0.6 is 0 Å². The quantitative estimate of drug-likeness (QED) is 0.761. The topological polar surface area (TPSA) is 20.3 Å². The molecular weight excluding hydrogens is 222 g/mol. The third-order valence-electron chi connectivity index (χ3n) is 3.50. The Morgan fingerprint density at radius 1 is 1.33 bits per heavy atom. The van der Waals surface area contributed by atoms with E-state index in [1.807, 2.05) is 19.1 Å². The number of ketones is 1. The first-order valence-corrected chi connectivity index (χ1v) is 6.68. The summed E-state index contributed by atoms with van der Waals surface area (Å²) in [5.74, 6) is -1.56. The van der Waals surface area contributed by atoms with Crippen molar-refractivity contribution < 1.29 is 7.54 Å². The molecular formula is C16H23NO. The van der Waals surface area contributed by atoms with Crippen molar-refractivity contribution in [1.29, 1.82) is 0 Å². The first kappa shape index (κ1) is 10.7. The summed E-state index contributed by atoms with van der Waals surface area (Å²) in [6.07, 6.45) is 3.49. The molecule has 1 aromatic rings. The molecule has 18 heavy (non-hydrogen) atoms. The second kappa shape index (κ2) is 6.14. The van der Waals surface area contributed by atoms with E-state index in [1.165, 1.54) is 6.42 Å². The van der Waals surface area contributed by atoms with Gasteiger partial charge >= 0.3 is 0 Å². The monoisotopic (exact) mass is 247 g/mol. The smallest absolute Gasteiger partial charge is 0.166 e. The van der Waals surface area contributed by atoms with Gasteiger partial charge in [0, 0.05) is 20.7 Å². The van der Waals surface area contributed by atoms with Crippen LogP contribution in [0, 0.1) is 12.8 Å². The van der Waals surface area contributed by atoms with Gasteiger partial charge in [0.05, 0.1) is 0 Å². The zero-order chi connectivity index (χ0) is 14.6. The Bertz CT molecular complexity index is 454. The number of rotatable bonds is 4. The molecule has 1 aromatic carbocycles. The van der Waals surface area contributed by atoms with Crippen LogP contribution in [0.2, 0.25) is 0 Å². The number of Topliss-reactive ketones (excluding diaryl/α,β-unsaturated/α-hetero) is 1. The SMILES string of the molecule is [2H]CC([2H])(CN1CCCCC1)C(=O)c1ccc(C)cc1. The van der Waals surface area contributed by atoms with Crippen LogP contribution in [-0.2, 0) is 0 Å². The Morgan fingerprint density at radius 3 is 2.61 bits per heavy atom. The summed E-state index contributed by atoms with van der Waals surface area (Å²) in [6, 6.07) is 7.32. The number of nitrogens with zero attached hydrogens (tertiary/aromatic N) is 1. The lowest BCUT2D eigenvalue weighted by atomic mass is 9.97. The fraction of sp³-hybridized carbons (Fsp3) is 0.562. The highest BCUT2D eigenvalue weighted by Gasteiger charge is 2.19. The summed E-state index contributed by atoms with van der Waals surface area (Å²) in [5, 5.41) is 0. The van der Waals surface area contributed by atoms with Crippen LogP contribution in [0.1, 0.15) is 44.8 Å². The molecule has 0 N–H and O–H groups in total. The van der Waals surface area contributed by atoms with E-state index in [1.54, 1.807) is 12.1 Å². The van der Waals surface area contributed by atoms with Gasteiger partial charge in [-0.15, -0.1) is 0 Å². The Labute approximate surface area is 113 Å². The predicted molar refractivity (Wildman–Crippen MR) is 75.0 cm³/mol. The molecule has 1 aliphatic heterocycles. The molecule has 0 spiro atoms. The van der Waals surface area contributed by atoms with Gasteiger partial charge in [-0.05, 0) is 32.9 Å². The molecule has 0 radical (unpaired) electrons. The van der Waals surface area contributed by atoms with E-state index in [9.17, 15) is 4.79 Å². The van der Waals surface area contributed by atoms with E-state index in [0.717, 1.165) is 31.5 Å². The summed E-state index contributed by atoms with van der Waals surface area (Å²) in [7, 11) is 0. The molecule has 1 fully saturated rings. The lowest BCUT2D eigenvalue weighted by Gasteiger charge is -2.28. The average molecular weight is 247 g/mol. The van der Waals surface area contributed by atoms with Crippen molar-refractivity contribution in [3.05, 3.63) is 35.4 Å². The Kier molecular flexibility index (Phi) is 3.67. The first-order chi connectivity index (χ1) is 9.55. The number of carbonyl (C=O) groups excluding carboxylic acids is 1. The molecule has 1 aliphatic rings. The number of carbonyl (C=O) groups is 1. The van der Waals surface area contributed by atoms with E-state index in [4.69, 9.17) is 2.74 Å². The van der Waals surface area contributed by atoms with E-state index < -0.39 is 5.89 Å². The van der Waals surface area contributed by atoms with Gasteiger partial charge in [-0.25, -0.2) is 0 Å². The van der Waals surface area contributed by atoms with Gasteiger partial charge in [-0.1, -0.05) is 43.1 Å². The maximum atomic E-state index is 12.5. The van der Waals surface area contributed by atoms with Crippen molar-refractivity contribution in [2.24, 2.45) is 5.89 Å². The molecule has 0 saturated carbocycles. The van der Waals surface area contributed by atoms with Crippen LogP contribution in [0.4, 0.5) is 0 Å². The minimum atomic E-state index is -1.34. The summed E-state index contributed by atoms with van der Waals surface area (Å²) < 4.78 is 16.1. The number of hydrogen-bond donors (Lipinski definition) is 0. The van der Waals surface area contributed by atoms with Crippen LogP contribution in [-0.4, -0.2) is 30.3 Å². The number of likely N-dealkylation sites (tertiary alicyclic amines) is 1. The van der Waals surface area contributed by atoms with E-state index >= 15 is 0 Å². The van der Waals surface area contributed by atoms with Crippen LogP contribution in [0.25, 0.3) is 0 Å². The minimum absolute atomic E-state index is 0.184. The minimum Gasteiger partial charge on any atom is -0.303 e. The van der Waals surface area contributed by atoms with Crippen LogP contribution in [0.3, 0.4) is 0 Å². The van der Waals surface area contributed by atoms with Gasteiger partial charge in [0.1, 0.15) is 0 Å². The summed E-state index contributed by atoms with van der Waals surface area (Å²) in [6.45, 7) is 4.06. The van der Waals surface area contributed by atoms with Crippen LogP contribution < -0.4 is 0 Å². The molecule has 0 aliphatic carbocycles. The van der Waals surface area contributed by atoms with Crippen molar-refractivity contribution >= 4 is 5.78 Å². The molecule has 1 atom stereocenters. The van der Waals surface area contributed by atoms with Crippen molar-refractivity contribution in [2.75, 3.05) is 19.6 Å². The van der Waals surface area contributed by atoms with E-state index in [2.05, 4.69) is 4.90 Å². The Hall–Kier alpha value is -1.15. The zero-order valence-electron chi connectivity index (χ0n) is 13.1. The fourth-order valence-corrected chi connectivity index (χ4v) is 2.37. The molecule has 2 heteroatoms. The molecule has 1 saturated heterocycles. The highest BCUT2D eigenvalue weighted by atomic mass is 16.1. The summed E-state index contributed by atoms with van der Waals surface area (Å²) in [5.41, 5.74) is 1.65. The maximum absolute atomic E-state index is 12.5. The van der Waals surface area contributed by atoms with Crippen molar-refractivity contribution in [1.82, 2.24) is 4.90 Å². The number of piperidine rings is 1. The number of benzene rings is 1. The summed E-state index contributed by atoms with van der Waals surface area (Å²) >= 11 is 0. The van der Waals surface area contributed by atoms with Crippen LogP contribution in [0.15, 0.2) is 24.3 Å². The largest absolute Gasteiger partial charge is 0.303 e. The normalized spacial score (nSPS) is 21.8. The molecule has 0 amide bonds. The molecule has 1 unspecified atom stereocenters. The molecule has 0 bridgehead atoms. The third-order valence-corrected chi connectivity index (χ3v) is 3.50. The molecule has 2 nitrogen and oxygen atoms in total. The van der Waals surface area contributed by atoms with Crippen molar-refractivity contribution in [3.63, 3.8) is 0 Å². The molecule has 2 rings (SSSR count). The molecule has 0 aromatic heterocycles. The Balaban J connectivity index is 2.11. The van der Waals surface area contributed by atoms with Gasteiger partial charge < -0.3 is 4.90 Å².